The van der Waals surface area contributed by atoms with Gasteiger partial charge in [-0.3, -0.25) is 18.3 Å². The number of fused-ring (bicyclic) bond motifs is 2. The molecule has 2 bridgehead atoms. The van der Waals surface area contributed by atoms with E-state index in [-0.39, 0.29) is 23.8 Å². The molecule has 2 aliphatic rings. The highest BCUT2D eigenvalue weighted by Crippen LogP contribution is 2.59. The SMILES string of the molecule is C=C(C)C(=O)NCC(=O)OC1C(OS(=O)O)C2CCC1C2(C)C. The lowest BCUT2D eigenvalue weighted by Gasteiger charge is -2.29. The highest BCUT2D eigenvalue weighted by molar-refractivity contribution is 7.74. The predicted octanol–water partition coefficient (Wildman–Crippen LogP) is 1.18. The second-order valence-corrected chi connectivity index (χ2v) is 7.43. The van der Waals surface area contributed by atoms with Gasteiger partial charge in [0.25, 0.3) is 0 Å². The number of carbonyl (C=O) groups excluding carboxylic acids is 2. The fourth-order valence-electron chi connectivity index (χ4n) is 3.87. The van der Waals surface area contributed by atoms with E-state index in [1.807, 2.05) is 0 Å². The van der Waals surface area contributed by atoms with E-state index in [1.165, 1.54) is 0 Å². The number of carbonyl (C=O) groups is 2. The van der Waals surface area contributed by atoms with Crippen LogP contribution in [0.25, 0.3) is 0 Å². The molecular weight excluding hydrogens is 322 g/mol. The van der Waals surface area contributed by atoms with E-state index < -0.39 is 35.4 Å². The predicted molar refractivity (Wildman–Crippen MR) is 83.3 cm³/mol. The van der Waals surface area contributed by atoms with Crippen LogP contribution >= 0.6 is 0 Å². The number of nitrogens with one attached hydrogen (secondary N) is 1. The van der Waals surface area contributed by atoms with Gasteiger partial charge >= 0.3 is 17.3 Å². The van der Waals surface area contributed by atoms with Crippen molar-refractivity contribution in [1.29, 1.82) is 0 Å². The first kappa shape index (κ1) is 18.1. The summed E-state index contributed by atoms with van der Waals surface area (Å²) in [4.78, 5) is 23.4. The topological polar surface area (TPSA) is 102 Å². The Kier molecular flexibility index (Phi) is 5.27. The maximum Gasteiger partial charge on any atom is 0.325 e. The Bertz CT molecular complexity index is 546. The molecule has 5 atom stereocenters. The number of rotatable bonds is 6. The van der Waals surface area contributed by atoms with Crippen LogP contribution in [0, 0.1) is 17.3 Å². The van der Waals surface area contributed by atoms with Crippen molar-refractivity contribution < 1.29 is 27.3 Å². The van der Waals surface area contributed by atoms with E-state index in [0.717, 1.165) is 12.8 Å². The van der Waals surface area contributed by atoms with Gasteiger partial charge < -0.3 is 10.1 Å². The summed E-state index contributed by atoms with van der Waals surface area (Å²) >= 11 is -2.42. The first-order valence-electron chi connectivity index (χ1n) is 7.55. The molecule has 2 fully saturated rings. The Balaban J connectivity index is 2.02. The lowest BCUT2D eigenvalue weighted by Crippen LogP contribution is -2.41. The molecular formula is C15H23NO6S. The van der Waals surface area contributed by atoms with Crippen molar-refractivity contribution in [3.8, 4) is 0 Å². The minimum absolute atomic E-state index is 0.0615. The molecule has 2 N–H and O–H groups in total. The van der Waals surface area contributed by atoms with Gasteiger partial charge in [-0.05, 0) is 31.1 Å². The Morgan fingerprint density at radius 3 is 2.39 bits per heavy atom. The number of ether oxygens (including phenoxy) is 1. The highest BCUT2D eigenvalue weighted by atomic mass is 32.2. The van der Waals surface area contributed by atoms with E-state index in [2.05, 4.69) is 25.7 Å². The Labute approximate surface area is 138 Å². The fraction of sp³-hybridized carbons (Fsp3) is 0.733. The summed E-state index contributed by atoms with van der Waals surface area (Å²) in [5.41, 5.74) is 0.173. The molecule has 0 radical (unpaired) electrons. The molecule has 130 valence electrons. The average molecular weight is 345 g/mol. The van der Waals surface area contributed by atoms with Gasteiger partial charge in [0, 0.05) is 11.5 Å². The van der Waals surface area contributed by atoms with Crippen LogP contribution in [0.1, 0.15) is 33.6 Å². The zero-order valence-corrected chi connectivity index (χ0v) is 14.4. The van der Waals surface area contributed by atoms with Gasteiger partial charge in [0.1, 0.15) is 18.8 Å². The molecule has 0 aromatic carbocycles. The van der Waals surface area contributed by atoms with E-state index in [9.17, 15) is 13.8 Å². The first-order chi connectivity index (χ1) is 10.6. The Hall–Kier alpha value is -1.25. The molecule has 7 nitrogen and oxygen atoms in total. The number of esters is 1. The molecule has 1 amide bonds. The van der Waals surface area contributed by atoms with Crippen molar-refractivity contribution in [2.75, 3.05) is 6.54 Å². The first-order valence-corrected chi connectivity index (χ1v) is 8.59. The third kappa shape index (κ3) is 3.64. The van der Waals surface area contributed by atoms with Crippen molar-refractivity contribution in [2.45, 2.75) is 45.8 Å². The zero-order valence-electron chi connectivity index (χ0n) is 13.5. The maximum atomic E-state index is 12.0. The van der Waals surface area contributed by atoms with Crippen molar-refractivity contribution in [3.05, 3.63) is 12.2 Å². The minimum Gasteiger partial charge on any atom is -0.458 e. The molecule has 0 aromatic heterocycles. The number of hydrogen-bond acceptors (Lipinski definition) is 5. The minimum atomic E-state index is -2.42. The van der Waals surface area contributed by atoms with Crippen LogP contribution < -0.4 is 5.32 Å². The summed E-state index contributed by atoms with van der Waals surface area (Å²) in [5, 5.41) is 2.41. The van der Waals surface area contributed by atoms with Gasteiger partial charge in [0.2, 0.25) is 5.91 Å². The molecule has 5 unspecified atom stereocenters. The van der Waals surface area contributed by atoms with Crippen LogP contribution in [0.15, 0.2) is 12.2 Å². The summed E-state index contributed by atoms with van der Waals surface area (Å²) in [6.45, 7) is 8.87. The molecule has 0 saturated heterocycles. The molecule has 0 aromatic rings. The van der Waals surface area contributed by atoms with Crippen LogP contribution in [0.2, 0.25) is 0 Å². The summed E-state index contributed by atoms with van der Waals surface area (Å²) in [5.74, 6) is -0.877. The van der Waals surface area contributed by atoms with E-state index in [1.54, 1.807) is 6.92 Å². The van der Waals surface area contributed by atoms with E-state index in [4.69, 9.17) is 13.5 Å². The van der Waals surface area contributed by atoms with Crippen LogP contribution in [-0.4, -0.2) is 39.4 Å². The smallest absolute Gasteiger partial charge is 0.325 e. The van der Waals surface area contributed by atoms with Crippen LogP contribution in [0.5, 0.6) is 0 Å². The van der Waals surface area contributed by atoms with Gasteiger partial charge in [-0.1, -0.05) is 20.4 Å². The quantitative estimate of drug-likeness (QED) is 0.426. The molecule has 0 spiro atoms. The standard InChI is InChI=1S/C15H23NO6S/c1-8(2)14(18)16-7-11(17)21-12-9-5-6-10(15(9,3)4)13(12)22-23(19)20/h9-10,12-13H,1,5-7H2,2-4H3,(H,16,18)(H,19,20). The largest absolute Gasteiger partial charge is 0.458 e. The third-order valence-electron chi connectivity index (χ3n) is 5.06. The van der Waals surface area contributed by atoms with Crippen molar-refractivity contribution in [2.24, 2.45) is 17.3 Å². The van der Waals surface area contributed by atoms with Gasteiger partial charge in [-0.15, -0.1) is 0 Å². The average Bonchev–Trinajstić information content (AvgIpc) is 2.83. The van der Waals surface area contributed by atoms with Crippen molar-refractivity contribution in [1.82, 2.24) is 5.32 Å². The number of amides is 1. The number of hydrogen-bond donors (Lipinski definition) is 2. The van der Waals surface area contributed by atoms with Crippen LogP contribution in [-0.2, 0) is 29.9 Å². The maximum absolute atomic E-state index is 12.0. The normalized spacial score (nSPS) is 32.3. The van der Waals surface area contributed by atoms with Crippen molar-refractivity contribution >= 4 is 23.2 Å². The van der Waals surface area contributed by atoms with E-state index >= 15 is 0 Å². The zero-order chi connectivity index (χ0) is 17.4. The van der Waals surface area contributed by atoms with Gasteiger partial charge in [-0.2, -0.15) is 4.21 Å². The van der Waals surface area contributed by atoms with E-state index in [0.29, 0.717) is 5.57 Å². The lowest BCUT2D eigenvalue weighted by atomic mass is 9.82. The fourth-order valence-corrected chi connectivity index (χ4v) is 4.31. The summed E-state index contributed by atoms with van der Waals surface area (Å²) < 4.78 is 30.7. The third-order valence-corrected chi connectivity index (χ3v) is 5.45. The summed E-state index contributed by atoms with van der Waals surface area (Å²) in [6, 6.07) is 0. The second kappa shape index (κ2) is 6.70. The molecule has 2 aliphatic carbocycles. The lowest BCUT2D eigenvalue weighted by molar-refractivity contribution is -0.157. The van der Waals surface area contributed by atoms with Gasteiger partial charge in [-0.25, -0.2) is 0 Å². The van der Waals surface area contributed by atoms with Crippen LogP contribution in [0.3, 0.4) is 0 Å². The second-order valence-electron chi connectivity index (χ2n) is 6.81. The molecule has 0 aliphatic heterocycles. The van der Waals surface area contributed by atoms with Gasteiger partial charge in [0.15, 0.2) is 0 Å². The van der Waals surface area contributed by atoms with Crippen molar-refractivity contribution in [3.63, 3.8) is 0 Å². The molecule has 23 heavy (non-hydrogen) atoms. The Morgan fingerprint density at radius 2 is 1.87 bits per heavy atom. The monoisotopic (exact) mass is 345 g/mol. The summed E-state index contributed by atoms with van der Waals surface area (Å²) in [7, 11) is 0. The molecule has 2 saturated carbocycles. The molecule has 8 heteroatoms. The van der Waals surface area contributed by atoms with Gasteiger partial charge in [0.05, 0.1) is 0 Å². The molecule has 0 heterocycles. The van der Waals surface area contributed by atoms with Crippen LogP contribution in [0.4, 0.5) is 0 Å². The highest BCUT2D eigenvalue weighted by Gasteiger charge is 2.62. The molecule has 2 rings (SSSR count). The summed E-state index contributed by atoms with van der Waals surface area (Å²) in [6.07, 6.45) is 0.579. The Morgan fingerprint density at radius 1 is 1.30 bits per heavy atom.